The van der Waals surface area contributed by atoms with Crippen molar-refractivity contribution in [2.45, 2.75) is 19.5 Å². The Kier molecular flexibility index (Phi) is 5.83. The van der Waals surface area contributed by atoms with Gasteiger partial charge in [0.15, 0.2) is 0 Å². The molecule has 0 saturated carbocycles. The van der Waals surface area contributed by atoms with Gasteiger partial charge in [-0.3, -0.25) is 0 Å². The van der Waals surface area contributed by atoms with Crippen molar-refractivity contribution in [1.29, 1.82) is 0 Å². The predicted octanol–water partition coefficient (Wildman–Crippen LogP) is 4.12. The molecule has 130 valence electrons. The van der Waals surface area contributed by atoms with Gasteiger partial charge in [0.05, 0.1) is 11.3 Å². The first kappa shape index (κ1) is 18.3. The van der Waals surface area contributed by atoms with Gasteiger partial charge in [-0.05, 0) is 50.7 Å². The summed E-state index contributed by atoms with van der Waals surface area (Å²) in [6.07, 6.45) is -3.39. The van der Waals surface area contributed by atoms with E-state index in [0.29, 0.717) is 11.3 Å². The lowest BCUT2D eigenvalue weighted by Crippen LogP contribution is -2.24. The average molecular weight is 337 g/mol. The maximum Gasteiger partial charge on any atom is 0.416 e. The summed E-state index contributed by atoms with van der Waals surface area (Å²) >= 11 is 0. The van der Waals surface area contributed by atoms with Crippen LogP contribution >= 0.6 is 0 Å². The Bertz CT molecular complexity index is 683. The van der Waals surface area contributed by atoms with Crippen molar-refractivity contribution in [3.63, 3.8) is 0 Å². The monoisotopic (exact) mass is 337 g/mol. The number of nitrogens with one attached hydrogen (secondary N) is 1. The number of hydrogen-bond acceptors (Lipinski definition) is 3. The van der Waals surface area contributed by atoms with E-state index in [0.717, 1.165) is 43.0 Å². The molecule has 0 bridgehead atoms. The molecule has 0 aliphatic carbocycles. The van der Waals surface area contributed by atoms with Crippen LogP contribution in [-0.2, 0) is 6.18 Å². The lowest BCUT2D eigenvalue weighted by atomic mass is 10.1. The number of nitrogens with zero attached hydrogens (tertiary/aromatic N) is 2. The molecule has 0 atom stereocenters. The fourth-order valence-electron chi connectivity index (χ4n) is 2.52. The molecular formula is C18H22F3N3. The van der Waals surface area contributed by atoms with E-state index in [4.69, 9.17) is 0 Å². The molecule has 0 spiro atoms. The largest absolute Gasteiger partial charge is 0.416 e. The van der Waals surface area contributed by atoms with Crippen molar-refractivity contribution in [2.75, 3.05) is 32.1 Å². The van der Waals surface area contributed by atoms with Gasteiger partial charge in [0.1, 0.15) is 5.82 Å². The van der Waals surface area contributed by atoms with Crippen molar-refractivity contribution in [2.24, 2.45) is 0 Å². The molecule has 0 radical (unpaired) electrons. The van der Waals surface area contributed by atoms with Gasteiger partial charge in [-0.2, -0.15) is 13.2 Å². The van der Waals surface area contributed by atoms with Crippen LogP contribution in [0.25, 0.3) is 11.3 Å². The van der Waals surface area contributed by atoms with Crippen molar-refractivity contribution in [3.05, 3.63) is 47.5 Å². The second-order valence-corrected chi connectivity index (χ2v) is 5.79. The molecule has 2 aromatic rings. The molecule has 1 N–H and O–H groups in total. The highest BCUT2D eigenvalue weighted by atomic mass is 19.4. The Hall–Kier alpha value is -2.08. The third kappa shape index (κ3) is 4.47. The molecule has 0 aliphatic rings. The second kappa shape index (κ2) is 7.66. The third-order valence-electron chi connectivity index (χ3n) is 3.84. The van der Waals surface area contributed by atoms with Gasteiger partial charge in [-0.15, -0.1) is 0 Å². The predicted molar refractivity (Wildman–Crippen MR) is 91.2 cm³/mol. The quantitative estimate of drug-likeness (QED) is 0.804. The minimum Gasteiger partial charge on any atom is -0.359 e. The van der Waals surface area contributed by atoms with Crippen LogP contribution in [0.2, 0.25) is 0 Å². The highest BCUT2D eigenvalue weighted by Crippen LogP contribution is 2.32. The van der Waals surface area contributed by atoms with Crippen LogP contribution in [-0.4, -0.2) is 32.2 Å². The number of halogens is 3. The Morgan fingerprint density at radius 1 is 1.17 bits per heavy atom. The summed E-state index contributed by atoms with van der Waals surface area (Å²) < 4.78 is 38.7. The highest BCUT2D eigenvalue weighted by Gasteiger charge is 2.30. The molecule has 0 saturated heterocycles. The van der Waals surface area contributed by atoms with E-state index in [1.807, 2.05) is 32.0 Å². The van der Waals surface area contributed by atoms with Crippen molar-refractivity contribution in [1.82, 2.24) is 10.3 Å². The highest BCUT2D eigenvalue weighted by molar-refractivity contribution is 5.64. The Morgan fingerprint density at radius 3 is 2.58 bits per heavy atom. The molecule has 1 aromatic heterocycles. The second-order valence-electron chi connectivity index (χ2n) is 5.79. The lowest BCUT2D eigenvalue weighted by molar-refractivity contribution is -0.137. The first-order valence-electron chi connectivity index (χ1n) is 7.84. The van der Waals surface area contributed by atoms with Gasteiger partial charge < -0.3 is 10.2 Å². The fourth-order valence-corrected chi connectivity index (χ4v) is 2.52. The van der Waals surface area contributed by atoms with Gasteiger partial charge in [-0.25, -0.2) is 4.98 Å². The maximum atomic E-state index is 12.9. The summed E-state index contributed by atoms with van der Waals surface area (Å²) in [5, 5.41) is 3.09. The normalized spacial score (nSPS) is 11.6. The number of pyridine rings is 1. The third-order valence-corrected chi connectivity index (χ3v) is 3.84. The summed E-state index contributed by atoms with van der Waals surface area (Å²) in [5.41, 5.74) is 1.35. The number of aromatic nitrogens is 1. The summed E-state index contributed by atoms with van der Waals surface area (Å²) in [6, 6.07) is 8.93. The SMILES string of the molecule is CNCCCN(C)c1nc(-c2cccc(C(F)(F)F)c2)ccc1C. The molecule has 3 nitrogen and oxygen atoms in total. The number of rotatable bonds is 6. The Balaban J connectivity index is 2.31. The zero-order valence-corrected chi connectivity index (χ0v) is 14.1. The maximum absolute atomic E-state index is 12.9. The van der Waals surface area contributed by atoms with E-state index in [9.17, 15) is 13.2 Å². The average Bonchev–Trinajstić information content (AvgIpc) is 2.54. The van der Waals surface area contributed by atoms with Gasteiger partial charge in [0.25, 0.3) is 0 Å². The summed E-state index contributed by atoms with van der Waals surface area (Å²) in [5.74, 6) is 0.793. The summed E-state index contributed by atoms with van der Waals surface area (Å²) in [6.45, 7) is 3.67. The minimum atomic E-state index is -4.35. The number of benzene rings is 1. The van der Waals surface area contributed by atoms with E-state index in [2.05, 4.69) is 10.3 Å². The summed E-state index contributed by atoms with van der Waals surface area (Å²) in [4.78, 5) is 6.61. The van der Waals surface area contributed by atoms with Crippen molar-refractivity contribution >= 4 is 5.82 Å². The first-order chi connectivity index (χ1) is 11.3. The fraction of sp³-hybridized carbons (Fsp3) is 0.389. The van der Waals surface area contributed by atoms with Gasteiger partial charge in [-0.1, -0.05) is 18.2 Å². The van der Waals surface area contributed by atoms with Crippen LogP contribution in [0.3, 0.4) is 0 Å². The molecule has 1 aromatic carbocycles. The zero-order valence-electron chi connectivity index (χ0n) is 14.1. The van der Waals surface area contributed by atoms with Crippen LogP contribution in [0, 0.1) is 6.92 Å². The van der Waals surface area contributed by atoms with E-state index in [1.54, 1.807) is 12.1 Å². The molecule has 0 fully saturated rings. The smallest absolute Gasteiger partial charge is 0.359 e. The van der Waals surface area contributed by atoms with Crippen LogP contribution < -0.4 is 10.2 Å². The van der Waals surface area contributed by atoms with Crippen LogP contribution in [0.1, 0.15) is 17.5 Å². The molecular weight excluding hydrogens is 315 g/mol. The number of alkyl halides is 3. The molecule has 2 rings (SSSR count). The molecule has 0 unspecified atom stereocenters. The van der Waals surface area contributed by atoms with E-state index in [-0.39, 0.29) is 0 Å². The van der Waals surface area contributed by atoms with Crippen molar-refractivity contribution < 1.29 is 13.2 Å². The topological polar surface area (TPSA) is 28.2 Å². The lowest BCUT2D eigenvalue weighted by Gasteiger charge is -2.21. The van der Waals surface area contributed by atoms with E-state index < -0.39 is 11.7 Å². The molecule has 24 heavy (non-hydrogen) atoms. The molecule has 0 amide bonds. The molecule has 6 heteroatoms. The number of anilines is 1. The Labute approximate surface area is 140 Å². The van der Waals surface area contributed by atoms with Crippen LogP contribution in [0.5, 0.6) is 0 Å². The van der Waals surface area contributed by atoms with Crippen LogP contribution in [0.15, 0.2) is 36.4 Å². The summed E-state index contributed by atoms with van der Waals surface area (Å²) in [7, 11) is 3.85. The molecule has 1 heterocycles. The minimum absolute atomic E-state index is 0.467. The van der Waals surface area contributed by atoms with Crippen LogP contribution in [0.4, 0.5) is 19.0 Å². The molecule has 0 aliphatic heterocycles. The van der Waals surface area contributed by atoms with Gasteiger partial charge in [0.2, 0.25) is 0 Å². The van der Waals surface area contributed by atoms with E-state index in [1.165, 1.54) is 6.07 Å². The number of hydrogen-bond donors (Lipinski definition) is 1. The Morgan fingerprint density at radius 2 is 1.92 bits per heavy atom. The first-order valence-corrected chi connectivity index (χ1v) is 7.84. The number of aryl methyl sites for hydroxylation is 1. The van der Waals surface area contributed by atoms with Crippen molar-refractivity contribution in [3.8, 4) is 11.3 Å². The van der Waals surface area contributed by atoms with Gasteiger partial charge in [0, 0.05) is 19.2 Å². The van der Waals surface area contributed by atoms with E-state index >= 15 is 0 Å². The van der Waals surface area contributed by atoms with Gasteiger partial charge >= 0.3 is 6.18 Å². The standard InChI is InChI=1S/C18H22F3N3/c1-13-8-9-16(23-17(13)24(3)11-5-10-22-2)14-6-4-7-15(12-14)18(19,20)21/h4,6-9,12,22H,5,10-11H2,1-3H3. The zero-order chi connectivity index (χ0) is 17.7.